The van der Waals surface area contributed by atoms with Crippen molar-refractivity contribution in [3.05, 3.63) is 40.7 Å². The summed E-state index contributed by atoms with van der Waals surface area (Å²) in [5, 5.41) is 3.07. The van der Waals surface area contributed by atoms with Crippen LogP contribution in [0.4, 0.5) is 4.39 Å². The SMILES string of the molecule is Cc1nc(-c2ccc(F)cc2)sc1C(=O)NNC(=O)C(=O)NC1CC1. The lowest BCUT2D eigenvalue weighted by atomic mass is 10.2. The Morgan fingerprint density at radius 2 is 1.80 bits per heavy atom. The van der Waals surface area contributed by atoms with Crippen LogP contribution in [0.2, 0.25) is 0 Å². The molecule has 1 heterocycles. The van der Waals surface area contributed by atoms with Gasteiger partial charge in [-0.15, -0.1) is 11.3 Å². The summed E-state index contributed by atoms with van der Waals surface area (Å²) in [6, 6.07) is 5.81. The Bertz CT molecular complexity index is 830. The van der Waals surface area contributed by atoms with E-state index in [9.17, 15) is 18.8 Å². The Hall–Kier alpha value is -2.81. The quantitative estimate of drug-likeness (QED) is 0.566. The highest BCUT2D eigenvalue weighted by Gasteiger charge is 2.26. The summed E-state index contributed by atoms with van der Waals surface area (Å²) in [4.78, 5) is 39.9. The molecule has 2 aromatic rings. The molecule has 0 radical (unpaired) electrons. The molecule has 0 atom stereocenters. The van der Waals surface area contributed by atoms with Crippen molar-refractivity contribution in [3.8, 4) is 10.6 Å². The van der Waals surface area contributed by atoms with Crippen LogP contribution in [0.3, 0.4) is 0 Å². The zero-order valence-corrected chi connectivity index (χ0v) is 14.1. The first-order valence-corrected chi connectivity index (χ1v) is 8.40. The van der Waals surface area contributed by atoms with Crippen LogP contribution in [0.1, 0.15) is 28.2 Å². The van der Waals surface area contributed by atoms with Gasteiger partial charge in [0.05, 0.1) is 5.69 Å². The molecule has 3 rings (SSSR count). The van der Waals surface area contributed by atoms with Crippen LogP contribution in [0.25, 0.3) is 10.6 Å². The molecule has 1 fully saturated rings. The van der Waals surface area contributed by atoms with E-state index in [1.54, 1.807) is 19.1 Å². The number of halogens is 1. The standard InChI is InChI=1S/C16H15FN4O3S/c1-8-12(25-16(18-8)9-2-4-10(17)5-3-9)13(22)20-21-15(24)14(23)19-11-6-7-11/h2-5,11H,6-7H2,1H3,(H,19,23)(H,20,22)(H,21,24). The normalized spacial score (nSPS) is 13.2. The molecule has 1 saturated carbocycles. The van der Waals surface area contributed by atoms with Crippen molar-refractivity contribution in [3.63, 3.8) is 0 Å². The molecule has 25 heavy (non-hydrogen) atoms. The highest BCUT2D eigenvalue weighted by molar-refractivity contribution is 7.17. The van der Waals surface area contributed by atoms with E-state index in [1.807, 2.05) is 0 Å². The van der Waals surface area contributed by atoms with Gasteiger partial charge in [0, 0.05) is 11.6 Å². The van der Waals surface area contributed by atoms with E-state index >= 15 is 0 Å². The molecular weight excluding hydrogens is 347 g/mol. The Morgan fingerprint density at radius 3 is 2.44 bits per heavy atom. The minimum absolute atomic E-state index is 0.0518. The maximum Gasteiger partial charge on any atom is 0.327 e. The predicted molar refractivity (Wildman–Crippen MR) is 89.0 cm³/mol. The van der Waals surface area contributed by atoms with Crippen LogP contribution in [0.15, 0.2) is 24.3 Å². The molecule has 1 aromatic carbocycles. The molecule has 9 heteroatoms. The number of hydrazine groups is 1. The van der Waals surface area contributed by atoms with Gasteiger partial charge < -0.3 is 5.32 Å². The second-order valence-electron chi connectivity index (χ2n) is 5.60. The van der Waals surface area contributed by atoms with E-state index in [1.165, 1.54) is 12.1 Å². The molecule has 1 aliphatic carbocycles. The highest BCUT2D eigenvalue weighted by Crippen LogP contribution is 2.27. The summed E-state index contributed by atoms with van der Waals surface area (Å²) in [6.45, 7) is 1.65. The average Bonchev–Trinajstić information content (AvgIpc) is 3.32. The van der Waals surface area contributed by atoms with E-state index < -0.39 is 17.7 Å². The van der Waals surface area contributed by atoms with Crippen molar-refractivity contribution in [1.82, 2.24) is 21.2 Å². The molecule has 0 unspecified atom stereocenters. The van der Waals surface area contributed by atoms with Gasteiger partial charge in [-0.1, -0.05) is 0 Å². The zero-order valence-electron chi connectivity index (χ0n) is 13.3. The minimum atomic E-state index is -0.929. The number of carbonyl (C=O) groups excluding carboxylic acids is 3. The van der Waals surface area contributed by atoms with Crippen molar-refractivity contribution in [2.24, 2.45) is 0 Å². The minimum Gasteiger partial charge on any atom is -0.345 e. The second-order valence-corrected chi connectivity index (χ2v) is 6.60. The Balaban J connectivity index is 1.62. The molecule has 7 nitrogen and oxygen atoms in total. The lowest BCUT2D eigenvalue weighted by Gasteiger charge is -2.06. The third kappa shape index (κ3) is 4.18. The molecule has 0 aliphatic heterocycles. The maximum atomic E-state index is 13.0. The van der Waals surface area contributed by atoms with Crippen LogP contribution in [-0.2, 0) is 9.59 Å². The average molecular weight is 362 g/mol. The molecule has 3 N–H and O–H groups in total. The van der Waals surface area contributed by atoms with Crippen LogP contribution < -0.4 is 16.2 Å². The highest BCUT2D eigenvalue weighted by atomic mass is 32.1. The van der Waals surface area contributed by atoms with Crippen molar-refractivity contribution >= 4 is 29.1 Å². The number of nitrogens with zero attached hydrogens (tertiary/aromatic N) is 1. The van der Waals surface area contributed by atoms with Crippen molar-refractivity contribution in [1.29, 1.82) is 0 Å². The van der Waals surface area contributed by atoms with E-state index in [2.05, 4.69) is 21.2 Å². The van der Waals surface area contributed by atoms with Crippen LogP contribution >= 0.6 is 11.3 Å². The Morgan fingerprint density at radius 1 is 1.12 bits per heavy atom. The van der Waals surface area contributed by atoms with Crippen LogP contribution in [0.5, 0.6) is 0 Å². The molecule has 1 aliphatic rings. The summed E-state index contributed by atoms with van der Waals surface area (Å²) in [5.41, 5.74) is 5.43. The summed E-state index contributed by atoms with van der Waals surface area (Å²) in [5.74, 6) is -2.64. The monoisotopic (exact) mass is 362 g/mol. The largest absolute Gasteiger partial charge is 0.345 e. The van der Waals surface area contributed by atoms with Gasteiger partial charge in [-0.25, -0.2) is 9.37 Å². The topological polar surface area (TPSA) is 100 Å². The lowest BCUT2D eigenvalue weighted by Crippen LogP contribution is -2.48. The fourth-order valence-electron chi connectivity index (χ4n) is 2.03. The van der Waals surface area contributed by atoms with Gasteiger partial charge in [-0.3, -0.25) is 25.2 Å². The van der Waals surface area contributed by atoms with Crippen LogP contribution in [-0.4, -0.2) is 28.7 Å². The fourth-order valence-corrected chi connectivity index (χ4v) is 3.00. The molecule has 0 spiro atoms. The van der Waals surface area contributed by atoms with Gasteiger partial charge in [0.2, 0.25) is 0 Å². The molecular formula is C16H15FN4O3S. The fraction of sp³-hybridized carbons (Fsp3) is 0.250. The van der Waals surface area contributed by atoms with Crippen molar-refractivity contribution < 1.29 is 18.8 Å². The van der Waals surface area contributed by atoms with Gasteiger partial charge >= 0.3 is 11.8 Å². The van der Waals surface area contributed by atoms with E-state index in [0.717, 1.165) is 24.2 Å². The summed E-state index contributed by atoms with van der Waals surface area (Å²) < 4.78 is 13.0. The maximum absolute atomic E-state index is 13.0. The number of amides is 3. The summed E-state index contributed by atoms with van der Waals surface area (Å²) in [7, 11) is 0. The number of thiazole rings is 1. The first kappa shape index (κ1) is 17.0. The molecule has 3 amide bonds. The Kier molecular flexibility index (Phi) is 4.75. The number of hydrogen-bond donors (Lipinski definition) is 3. The number of carbonyl (C=O) groups is 3. The van der Waals surface area contributed by atoms with E-state index in [0.29, 0.717) is 21.1 Å². The summed E-state index contributed by atoms with van der Waals surface area (Å²) in [6.07, 6.45) is 1.72. The first-order chi connectivity index (χ1) is 11.9. The van der Waals surface area contributed by atoms with E-state index in [4.69, 9.17) is 0 Å². The molecule has 1 aromatic heterocycles. The second kappa shape index (κ2) is 6.98. The molecule has 0 bridgehead atoms. The summed E-state index contributed by atoms with van der Waals surface area (Å²) >= 11 is 1.11. The Labute approximate surface area is 146 Å². The van der Waals surface area contributed by atoms with Crippen LogP contribution in [0, 0.1) is 12.7 Å². The van der Waals surface area contributed by atoms with Gasteiger partial charge in [0.25, 0.3) is 5.91 Å². The van der Waals surface area contributed by atoms with Gasteiger partial charge in [0.1, 0.15) is 15.7 Å². The number of aromatic nitrogens is 1. The van der Waals surface area contributed by atoms with Gasteiger partial charge in [0.15, 0.2) is 0 Å². The molecule has 0 saturated heterocycles. The number of hydrogen-bond acceptors (Lipinski definition) is 5. The number of nitrogens with one attached hydrogen (secondary N) is 3. The number of rotatable bonds is 3. The smallest absolute Gasteiger partial charge is 0.327 e. The molecule has 130 valence electrons. The zero-order chi connectivity index (χ0) is 18.0. The van der Waals surface area contributed by atoms with Crippen molar-refractivity contribution in [2.75, 3.05) is 0 Å². The van der Waals surface area contributed by atoms with E-state index in [-0.39, 0.29) is 11.9 Å². The van der Waals surface area contributed by atoms with Crippen molar-refractivity contribution in [2.45, 2.75) is 25.8 Å². The number of benzene rings is 1. The third-order valence-corrected chi connectivity index (χ3v) is 4.71. The predicted octanol–water partition coefficient (Wildman–Crippen LogP) is 1.30. The van der Waals surface area contributed by atoms with Gasteiger partial charge in [-0.2, -0.15) is 0 Å². The first-order valence-electron chi connectivity index (χ1n) is 7.58. The third-order valence-electron chi connectivity index (χ3n) is 3.50. The number of aryl methyl sites for hydroxylation is 1. The lowest BCUT2D eigenvalue weighted by molar-refractivity contribution is -0.139. The van der Waals surface area contributed by atoms with Gasteiger partial charge in [-0.05, 0) is 44.0 Å².